The van der Waals surface area contributed by atoms with Crippen LogP contribution in [0.25, 0.3) is 0 Å². The van der Waals surface area contributed by atoms with Gasteiger partial charge >= 0.3 is 6.03 Å². The van der Waals surface area contributed by atoms with E-state index in [0.717, 1.165) is 4.90 Å². The minimum Gasteiger partial charge on any atom is -0.486 e. The Balaban J connectivity index is 1.77. The van der Waals surface area contributed by atoms with Gasteiger partial charge in [-0.05, 0) is 18.2 Å². The van der Waals surface area contributed by atoms with Gasteiger partial charge in [0.15, 0.2) is 17.3 Å². The molecule has 2 heterocycles. The van der Waals surface area contributed by atoms with Gasteiger partial charge in [0.05, 0.1) is 6.54 Å². The van der Waals surface area contributed by atoms with Gasteiger partial charge in [-0.3, -0.25) is 14.5 Å². The van der Waals surface area contributed by atoms with E-state index in [1.807, 2.05) is 0 Å². The summed E-state index contributed by atoms with van der Waals surface area (Å²) in [7, 11) is 1.52. The quantitative estimate of drug-likeness (QED) is 0.599. The number of ketones is 1. The first kappa shape index (κ1) is 13.4. The van der Waals surface area contributed by atoms with Gasteiger partial charge in [-0.1, -0.05) is 0 Å². The summed E-state index contributed by atoms with van der Waals surface area (Å²) in [6.07, 6.45) is 0. The first-order valence-electron chi connectivity index (χ1n) is 6.54. The van der Waals surface area contributed by atoms with Crippen LogP contribution in [0, 0.1) is 0 Å². The Hall–Kier alpha value is -2.57. The normalized spacial score (nSPS) is 17.4. The molecule has 7 heteroatoms. The molecule has 2 aliphatic rings. The number of hydrogen-bond acceptors (Lipinski definition) is 5. The van der Waals surface area contributed by atoms with Crippen molar-refractivity contribution < 1.29 is 23.9 Å². The van der Waals surface area contributed by atoms with E-state index in [-0.39, 0.29) is 24.8 Å². The Kier molecular flexibility index (Phi) is 3.25. The Morgan fingerprint density at radius 3 is 2.57 bits per heavy atom. The van der Waals surface area contributed by atoms with Gasteiger partial charge in [0.25, 0.3) is 5.91 Å². The molecular formula is C14H14N2O5. The van der Waals surface area contributed by atoms with Crippen LogP contribution in [0.5, 0.6) is 11.5 Å². The number of Topliss-reactive ketones (excluding diaryl/α,β-unsaturated/α-hetero) is 1. The largest absolute Gasteiger partial charge is 0.486 e. The van der Waals surface area contributed by atoms with Gasteiger partial charge in [-0.2, -0.15) is 0 Å². The molecule has 110 valence electrons. The highest BCUT2D eigenvalue weighted by Gasteiger charge is 2.35. The fourth-order valence-corrected chi connectivity index (χ4v) is 2.28. The summed E-state index contributed by atoms with van der Waals surface area (Å²) < 4.78 is 10.8. The SMILES string of the molecule is CN1CC(=O)N(CC(=O)c2ccc3c(c2)OCCO3)C1=O. The molecule has 0 unspecified atom stereocenters. The second-order valence-electron chi connectivity index (χ2n) is 4.90. The van der Waals surface area contributed by atoms with Gasteiger partial charge in [0.2, 0.25) is 0 Å². The first-order valence-corrected chi connectivity index (χ1v) is 6.54. The van der Waals surface area contributed by atoms with E-state index in [1.54, 1.807) is 18.2 Å². The summed E-state index contributed by atoms with van der Waals surface area (Å²) in [4.78, 5) is 37.9. The van der Waals surface area contributed by atoms with Crippen LogP contribution in [0.3, 0.4) is 0 Å². The van der Waals surface area contributed by atoms with Crippen LogP contribution in [-0.2, 0) is 4.79 Å². The smallest absolute Gasteiger partial charge is 0.327 e. The second-order valence-corrected chi connectivity index (χ2v) is 4.90. The number of urea groups is 1. The molecular weight excluding hydrogens is 276 g/mol. The van der Waals surface area contributed by atoms with Gasteiger partial charge in [0.1, 0.15) is 19.8 Å². The number of nitrogens with zero attached hydrogens (tertiary/aromatic N) is 2. The number of benzene rings is 1. The summed E-state index contributed by atoms with van der Waals surface area (Å²) in [5.41, 5.74) is 0.384. The average molecular weight is 290 g/mol. The monoisotopic (exact) mass is 290 g/mol. The lowest BCUT2D eigenvalue weighted by Gasteiger charge is -2.19. The fourth-order valence-electron chi connectivity index (χ4n) is 2.28. The van der Waals surface area contributed by atoms with Crippen molar-refractivity contribution >= 4 is 17.7 Å². The van der Waals surface area contributed by atoms with Crippen molar-refractivity contribution in [2.75, 3.05) is 33.4 Å². The zero-order valence-electron chi connectivity index (χ0n) is 11.5. The molecule has 0 atom stereocenters. The number of amides is 3. The van der Waals surface area contributed by atoms with Crippen LogP contribution in [0.2, 0.25) is 0 Å². The highest BCUT2D eigenvalue weighted by atomic mass is 16.6. The third kappa shape index (κ3) is 2.42. The standard InChI is InChI=1S/C14H14N2O5/c1-15-8-13(18)16(14(15)19)7-10(17)9-2-3-11-12(6-9)21-5-4-20-11/h2-3,6H,4-5,7-8H2,1H3. The zero-order chi connectivity index (χ0) is 15.0. The number of hydrogen-bond donors (Lipinski definition) is 0. The molecule has 0 radical (unpaired) electrons. The highest BCUT2D eigenvalue weighted by molar-refractivity contribution is 6.07. The lowest BCUT2D eigenvalue weighted by Crippen LogP contribution is -2.36. The Bertz CT molecular complexity index is 628. The lowest BCUT2D eigenvalue weighted by molar-refractivity contribution is -0.125. The van der Waals surface area contributed by atoms with Crippen LogP contribution in [0.4, 0.5) is 4.79 Å². The topological polar surface area (TPSA) is 76.2 Å². The van der Waals surface area contributed by atoms with E-state index in [0.29, 0.717) is 30.3 Å². The van der Waals surface area contributed by atoms with E-state index >= 15 is 0 Å². The molecule has 1 aromatic carbocycles. The molecule has 1 saturated heterocycles. The van der Waals surface area contributed by atoms with E-state index < -0.39 is 6.03 Å². The molecule has 0 N–H and O–H groups in total. The minimum atomic E-state index is -0.453. The Morgan fingerprint density at radius 1 is 1.19 bits per heavy atom. The maximum absolute atomic E-state index is 12.2. The Morgan fingerprint density at radius 2 is 1.90 bits per heavy atom. The minimum absolute atomic E-state index is 0.00719. The van der Waals surface area contributed by atoms with Crippen molar-refractivity contribution in [3.05, 3.63) is 23.8 Å². The van der Waals surface area contributed by atoms with Crippen LogP contribution in [0.1, 0.15) is 10.4 Å². The molecule has 3 rings (SSSR count). The van der Waals surface area contributed by atoms with Crippen molar-refractivity contribution in [3.8, 4) is 11.5 Å². The number of imide groups is 1. The number of ether oxygens (including phenoxy) is 2. The Labute approximate surface area is 121 Å². The van der Waals surface area contributed by atoms with Gasteiger partial charge in [-0.25, -0.2) is 4.79 Å². The lowest BCUT2D eigenvalue weighted by atomic mass is 10.1. The summed E-state index contributed by atoms with van der Waals surface area (Å²) in [5, 5.41) is 0. The first-order chi connectivity index (χ1) is 10.1. The molecule has 0 bridgehead atoms. The van der Waals surface area contributed by atoms with Crippen LogP contribution >= 0.6 is 0 Å². The van der Waals surface area contributed by atoms with Crippen LogP contribution in [0.15, 0.2) is 18.2 Å². The third-order valence-electron chi connectivity index (χ3n) is 3.40. The summed E-state index contributed by atoms with van der Waals surface area (Å²) >= 11 is 0. The van der Waals surface area contributed by atoms with Gasteiger partial charge in [-0.15, -0.1) is 0 Å². The zero-order valence-corrected chi connectivity index (χ0v) is 11.5. The molecule has 0 spiro atoms. The van der Waals surface area contributed by atoms with Crippen molar-refractivity contribution in [1.82, 2.24) is 9.80 Å². The van der Waals surface area contributed by atoms with Crippen LogP contribution in [-0.4, -0.2) is 60.9 Å². The predicted octanol–water partition coefficient (Wildman–Crippen LogP) is 0.534. The third-order valence-corrected chi connectivity index (χ3v) is 3.40. The summed E-state index contributed by atoms with van der Waals surface area (Å²) in [5.74, 6) is 0.409. The van der Waals surface area contributed by atoms with Crippen LogP contribution < -0.4 is 9.47 Å². The number of carbonyl (C=O) groups excluding carboxylic acids is 3. The predicted molar refractivity (Wildman–Crippen MR) is 71.5 cm³/mol. The number of carbonyl (C=O) groups is 3. The molecule has 1 fully saturated rings. The second kappa shape index (κ2) is 5.08. The van der Waals surface area contributed by atoms with Gasteiger partial charge < -0.3 is 14.4 Å². The molecule has 7 nitrogen and oxygen atoms in total. The highest BCUT2D eigenvalue weighted by Crippen LogP contribution is 2.31. The average Bonchev–Trinajstić information content (AvgIpc) is 2.73. The van der Waals surface area contributed by atoms with Gasteiger partial charge in [0, 0.05) is 12.6 Å². The maximum Gasteiger partial charge on any atom is 0.327 e. The summed E-state index contributed by atoms with van der Waals surface area (Å²) in [6.45, 7) is 0.650. The van der Waals surface area contributed by atoms with E-state index in [2.05, 4.69) is 0 Å². The molecule has 0 saturated carbocycles. The van der Waals surface area contributed by atoms with Crippen molar-refractivity contribution in [2.45, 2.75) is 0 Å². The van der Waals surface area contributed by atoms with Crippen molar-refractivity contribution in [3.63, 3.8) is 0 Å². The number of likely N-dealkylation sites (N-methyl/N-ethyl adjacent to an activating group) is 1. The molecule has 3 amide bonds. The van der Waals surface area contributed by atoms with E-state index in [4.69, 9.17) is 9.47 Å². The molecule has 0 aromatic heterocycles. The van der Waals surface area contributed by atoms with Crippen molar-refractivity contribution in [1.29, 1.82) is 0 Å². The number of fused-ring (bicyclic) bond motifs is 1. The van der Waals surface area contributed by atoms with Crippen molar-refractivity contribution in [2.24, 2.45) is 0 Å². The maximum atomic E-state index is 12.2. The molecule has 2 aliphatic heterocycles. The van der Waals surface area contributed by atoms with E-state index in [9.17, 15) is 14.4 Å². The van der Waals surface area contributed by atoms with E-state index in [1.165, 1.54) is 11.9 Å². The summed E-state index contributed by atoms with van der Waals surface area (Å²) in [6, 6.07) is 4.38. The number of rotatable bonds is 3. The molecule has 1 aromatic rings. The fraction of sp³-hybridized carbons (Fsp3) is 0.357. The molecule has 21 heavy (non-hydrogen) atoms. The molecule has 0 aliphatic carbocycles.